The Balaban J connectivity index is 1.46. The Hall–Kier alpha value is -4.02. The highest BCUT2D eigenvalue weighted by Gasteiger charge is 2.20. The zero-order valence-electron chi connectivity index (χ0n) is 18.6. The lowest BCUT2D eigenvalue weighted by molar-refractivity contribution is 0.101. The summed E-state index contributed by atoms with van der Waals surface area (Å²) >= 11 is 1.52. The topological polar surface area (TPSA) is 98.2 Å². The number of fused-ring (bicyclic) bond motifs is 1. The number of anilines is 1. The third-order valence-corrected chi connectivity index (χ3v) is 6.11. The zero-order chi connectivity index (χ0) is 23.7. The molecule has 0 saturated carbocycles. The highest BCUT2D eigenvalue weighted by Crippen LogP contribution is 2.26. The fraction of sp³-hybridized carbons (Fsp3) is 0.167. The number of hydrogen-bond acceptors (Lipinski definition) is 7. The van der Waals surface area contributed by atoms with Crippen LogP contribution < -0.4 is 11.1 Å². The molecular weight excluding hydrogens is 452 g/mol. The zero-order valence-corrected chi connectivity index (χ0v) is 19.5. The average Bonchev–Trinajstić information content (AvgIpc) is 3.56. The summed E-state index contributed by atoms with van der Waals surface area (Å²) in [4.78, 5) is 32.8. The third kappa shape index (κ3) is 4.28. The maximum absolute atomic E-state index is 13.1. The molecule has 0 radical (unpaired) electrons. The summed E-state index contributed by atoms with van der Waals surface area (Å²) in [6.45, 7) is 1.15. The first-order chi connectivity index (χ1) is 16.5. The summed E-state index contributed by atoms with van der Waals surface area (Å²) in [5.74, 6) is -0.236. The van der Waals surface area contributed by atoms with Gasteiger partial charge >= 0.3 is 5.76 Å². The van der Waals surface area contributed by atoms with Crippen LogP contribution in [-0.4, -0.2) is 50.8 Å². The van der Waals surface area contributed by atoms with E-state index in [0.717, 1.165) is 10.6 Å². The Bertz CT molecular complexity index is 1500. The molecule has 0 saturated heterocycles. The van der Waals surface area contributed by atoms with Crippen LogP contribution in [0.1, 0.15) is 10.6 Å². The molecule has 34 heavy (non-hydrogen) atoms. The minimum absolute atomic E-state index is 0.0459. The second-order valence-electron chi connectivity index (χ2n) is 7.94. The van der Waals surface area contributed by atoms with Crippen LogP contribution in [0.25, 0.3) is 27.5 Å². The molecule has 0 spiro atoms. The summed E-state index contributed by atoms with van der Waals surface area (Å²) in [6, 6.07) is 18.5. The number of nitrogens with zero attached hydrogens (tertiary/aromatic N) is 5. The van der Waals surface area contributed by atoms with Gasteiger partial charge in [-0.05, 0) is 55.9 Å². The summed E-state index contributed by atoms with van der Waals surface area (Å²) in [6.07, 6.45) is 0. The Morgan fingerprint density at radius 2 is 1.94 bits per heavy atom. The molecule has 0 aliphatic heterocycles. The molecule has 0 unspecified atom stereocenters. The first-order valence-corrected chi connectivity index (χ1v) is 11.5. The molecule has 0 aliphatic carbocycles. The first kappa shape index (κ1) is 21.8. The van der Waals surface area contributed by atoms with Crippen molar-refractivity contribution in [2.24, 2.45) is 0 Å². The van der Waals surface area contributed by atoms with Crippen LogP contribution in [0.4, 0.5) is 5.69 Å². The van der Waals surface area contributed by atoms with Crippen LogP contribution >= 0.6 is 11.3 Å². The second kappa shape index (κ2) is 9.08. The van der Waals surface area contributed by atoms with E-state index >= 15 is 0 Å². The first-order valence-electron chi connectivity index (χ1n) is 10.7. The number of oxazole rings is 1. The number of nitrogens with one attached hydrogen (secondary N) is 1. The normalized spacial score (nSPS) is 11.4. The van der Waals surface area contributed by atoms with E-state index in [1.54, 1.807) is 27.4 Å². The van der Waals surface area contributed by atoms with E-state index in [0.29, 0.717) is 35.7 Å². The highest BCUT2D eigenvalue weighted by molar-refractivity contribution is 7.13. The number of aromatic nitrogens is 4. The smallest absolute Gasteiger partial charge is 0.408 e. The van der Waals surface area contributed by atoms with Crippen LogP contribution in [-0.2, 0) is 6.54 Å². The predicted molar refractivity (Wildman–Crippen MR) is 132 cm³/mol. The molecule has 3 heterocycles. The lowest BCUT2D eigenvalue weighted by Gasteiger charge is -2.09. The Kier molecular flexibility index (Phi) is 5.83. The van der Waals surface area contributed by atoms with E-state index in [2.05, 4.69) is 15.4 Å². The fourth-order valence-electron chi connectivity index (χ4n) is 3.56. The van der Waals surface area contributed by atoms with Crippen LogP contribution in [0.2, 0.25) is 0 Å². The largest absolute Gasteiger partial charge is 0.419 e. The van der Waals surface area contributed by atoms with Crippen LogP contribution in [0.5, 0.6) is 0 Å². The molecular formula is C24H22N6O3S. The Morgan fingerprint density at radius 3 is 2.68 bits per heavy atom. The van der Waals surface area contributed by atoms with Gasteiger partial charge in [0.15, 0.2) is 11.4 Å². The monoisotopic (exact) mass is 474 g/mol. The summed E-state index contributed by atoms with van der Waals surface area (Å²) in [5.41, 5.74) is 2.41. The highest BCUT2D eigenvalue weighted by atomic mass is 32.1. The van der Waals surface area contributed by atoms with Crippen molar-refractivity contribution in [1.82, 2.24) is 24.2 Å². The molecule has 5 aromatic rings. The van der Waals surface area contributed by atoms with Crippen molar-refractivity contribution in [2.75, 3.05) is 26.0 Å². The van der Waals surface area contributed by atoms with Gasteiger partial charge in [0.25, 0.3) is 5.91 Å². The molecule has 1 amide bonds. The molecule has 9 nitrogen and oxygen atoms in total. The maximum Gasteiger partial charge on any atom is 0.419 e. The van der Waals surface area contributed by atoms with Gasteiger partial charge in [0.1, 0.15) is 0 Å². The van der Waals surface area contributed by atoms with Crippen molar-refractivity contribution >= 4 is 34.0 Å². The molecule has 1 N–H and O–H groups in total. The lowest BCUT2D eigenvalue weighted by Crippen LogP contribution is -2.23. The number of rotatable bonds is 7. The van der Waals surface area contributed by atoms with Crippen molar-refractivity contribution in [3.8, 4) is 16.4 Å². The number of carbonyl (C=O) groups excluding carboxylic acids is 1. The van der Waals surface area contributed by atoms with Crippen molar-refractivity contribution in [1.29, 1.82) is 0 Å². The van der Waals surface area contributed by atoms with Gasteiger partial charge in [0, 0.05) is 18.8 Å². The number of thiophene rings is 1. The molecule has 172 valence electrons. The van der Waals surface area contributed by atoms with Crippen LogP contribution in [0, 0.1) is 0 Å². The maximum atomic E-state index is 13.1. The minimum atomic E-state index is -0.447. The van der Waals surface area contributed by atoms with Crippen molar-refractivity contribution in [3.63, 3.8) is 0 Å². The molecule has 0 atom stereocenters. The summed E-state index contributed by atoms with van der Waals surface area (Å²) in [5, 5.41) is 9.29. The Morgan fingerprint density at radius 1 is 1.12 bits per heavy atom. The van der Waals surface area contributed by atoms with E-state index in [1.165, 1.54) is 11.3 Å². The van der Waals surface area contributed by atoms with Gasteiger partial charge in [0.05, 0.1) is 16.1 Å². The number of hydrogen-bond donors (Lipinski definition) is 1. The van der Waals surface area contributed by atoms with E-state index < -0.39 is 11.7 Å². The van der Waals surface area contributed by atoms with Crippen LogP contribution in [0.3, 0.4) is 0 Å². The van der Waals surface area contributed by atoms with Crippen molar-refractivity contribution < 1.29 is 9.21 Å². The van der Waals surface area contributed by atoms with E-state index in [1.807, 2.05) is 66.8 Å². The average molecular weight is 475 g/mol. The van der Waals surface area contributed by atoms with E-state index in [4.69, 9.17) is 4.42 Å². The quantitative estimate of drug-likeness (QED) is 0.386. The summed E-state index contributed by atoms with van der Waals surface area (Å²) < 4.78 is 8.56. The number of carbonyl (C=O) groups is 1. The molecule has 3 aromatic heterocycles. The minimum Gasteiger partial charge on any atom is -0.408 e. The number of para-hydroxylation sites is 1. The fourth-order valence-corrected chi connectivity index (χ4v) is 4.26. The van der Waals surface area contributed by atoms with E-state index in [9.17, 15) is 9.59 Å². The SMILES string of the molecule is CN(C)CCn1c(=O)oc2ccc(NC(=O)c3nc(-c4cccs4)n(-c4ccccc4)n3)cc21. The summed E-state index contributed by atoms with van der Waals surface area (Å²) in [7, 11) is 3.87. The number of benzene rings is 2. The van der Waals surface area contributed by atoms with Crippen molar-refractivity contribution in [2.45, 2.75) is 6.54 Å². The van der Waals surface area contributed by atoms with E-state index in [-0.39, 0.29) is 5.82 Å². The van der Waals surface area contributed by atoms with Gasteiger partial charge in [-0.3, -0.25) is 9.36 Å². The Labute approximate surface area is 198 Å². The predicted octanol–water partition coefficient (Wildman–Crippen LogP) is 3.72. The van der Waals surface area contributed by atoms with Gasteiger partial charge in [-0.15, -0.1) is 16.4 Å². The van der Waals surface area contributed by atoms with Gasteiger partial charge in [-0.1, -0.05) is 24.3 Å². The molecule has 0 bridgehead atoms. The molecule has 0 aliphatic rings. The number of amides is 1. The van der Waals surface area contributed by atoms with Gasteiger partial charge in [0.2, 0.25) is 5.82 Å². The molecule has 2 aromatic carbocycles. The van der Waals surface area contributed by atoms with Crippen LogP contribution in [0.15, 0.2) is 75.3 Å². The second-order valence-corrected chi connectivity index (χ2v) is 8.89. The van der Waals surface area contributed by atoms with Gasteiger partial charge in [-0.25, -0.2) is 14.5 Å². The molecule has 10 heteroatoms. The third-order valence-electron chi connectivity index (χ3n) is 5.25. The van der Waals surface area contributed by atoms with Crippen molar-refractivity contribution in [3.05, 3.63) is 82.4 Å². The lowest BCUT2D eigenvalue weighted by atomic mass is 10.2. The molecule has 0 fully saturated rings. The number of likely N-dealkylation sites (N-methyl/N-ethyl adjacent to an activating group) is 1. The standard InChI is InChI=1S/C24H22N6O3S/c1-28(2)12-13-29-18-15-16(10-11-19(18)33-24(29)32)25-23(31)21-26-22(20-9-6-14-34-20)30(27-21)17-7-4-3-5-8-17/h3-11,14-15H,12-13H2,1-2H3,(H,25,31). The van der Waals surface area contributed by atoms with Gasteiger partial charge in [-0.2, -0.15) is 0 Å². The molecule has 5 rings (SSSR count). The van der Waals surface area contributed by atoms with Gasteiger partial charge < -0.3 is 14.6 Å².